The Balaban J connectivity index is 1.38. The van der Waals surface area contributed by atoms with Gasteiger partial charge in [-0.1, -0.05) is 29.3 Å². The number of halogens is 1. The number of benzene rings is 2. The van der Waals surface area contributed by atoms with Gasteiger partial charge in [-0.05, 0) is 56.2 Å². The highest BCUT2D eigenvalue weighted by Gasteiger charge is 2.25. The molecule has 2 amide bonds. The molecule has 2 N–H and O–H groups in total. The van der Waals surface area contributed by atoms with Crippen LogP contribution in [0, 0.1) is 6.92 Å². The van der Waals surface area contributed by atoms with Crippen molar-refractivity contribution in [2.45, 2.75) is 25.7 Å². The van der Waals surface area contributed by atoms with Gasteiger partial charge in [-0.25, -0.2) is 4.79 Å². The average molecular weight is 368 g/mol. The summed E-state index contributed by atoms with van der Waals surface area (Å²) < 4.78 is 0. The number of aromatic nitrogens is 1. The molecular formula is C21H22ClN3O. The Kier molecular flexibility index (Phi) is 4.60. The van der Waals surface area contributed by atoms with E-state index in [0.29, 0.717) is 5.92 Å². The van der Waals surface area contributed by atoms with Crippen LogP contribution in [0.15, 0.2) is 48.5 Å². The van der Waals surface area contributed by atoms with Crippen LogP contribution in [0.1, 0.15) is 30.0 Å². The summed E-state index contributed by atoms with van der Waals surface area (Å²) in [5.41, 5.74) is 4.38. The number of rotatable bonds is 2. The van der Waals surface area contributed by atoms with Gasteiger partial charge >= 0.3 is 6.03 Å². The van der Waals surface area contributed by atoms with Gasteiger partial charge in [0.2, 0.25) is 0 Å². The lowest BCUT2D eigenvalue weighted by molar-refractivity contribution is 0.194. The van der Waals surface area contributed by atoms with Gasteiger partial charge in [0.1, 0.15) is 0 Å². The number of carbonyl (C=O) groups excluding carboxylic acids is 1. The van der Waals surface area contributed by atoms with E-state index in [2.05, 4.69) is 16.4 Å². The van der Waals surface area contributed by atoms with Crippen LogP contribution in [-0.2, 0) is 0 Å². The van der Waals surface area contributed by atoms with Gasteiger partial charge in [0, 0.05) is 46.3 Å². The van der Waals surface area contributed by atoms with Gasteiger partial charge in [-0.15, -0.1) is 0 Å². The number of hydrogen-bond acceptors (Lipinski definition) is 1. The van der Waals surface area contributed by atoms with Crippen LogP contribution in [-0.4, -0.2) is 29.0 Å². The number of amides is 2. The molecule has 1 fully saturated rings. The molecule has 0 spiro atoms. The minimum absolute atomic E-state index is 0.0178. The highest BCUT2D eigenvalue weighted by molar-refractivity contribution is 6.31. The monoisotopic (exact) mass is 367 g/mol. The number of fused-ring (bicyclic) bond motifs is 1. The van der Waals surface area contributed by atoms with Crippen molar-refractivity contribution < 1.29 is 4.79 Å². The Bertz CT molecular complexity index is 924. The van der Waals surface area contributed by atoms with Gasteiger partial charge < -0.3 is 15.2 Å². The second-order valence-electron chi connectivity index (χ2n) is 7.01. The summed E-state index contributed by atoms with van der Waals surface area (Å²) in [6.07, 6.45) is 1.92. The first kappa shape index (κ1) is 17.0. The number of urea groups is 1. The molecule has 5 heteroatoms. The fraction of sp³-hybridized carbons (Fsp3) is 0.286. The van der Waals surface area contributed by atoms with Crippen LogP contribution in [0.5, 0.6) is 0 Å². The Morgan fingerprint density at radius 2 is 1.85 bits per heavy atom. The molecule has 134 valence electrons. The van der Waals surface area contributed by atoms with Gasteiger partial charge in [0.05, 0.1) is 0 Å². The molecule has 0 radical (unpaired) electrons. The zero-order valence-corrected chi connectivity index (χ0v) is 15.5. The predicted molar refractivity (Wildman–Crippen MR) is 107 cm³/mol. The van der Waals surface area contributed by atoms with Gasteiger partial charge in [0.25, 0.3) is 0 Å². The summed E-state index contributed by atoms with van der Waals surface area (Å²) in [5.74, 6) is 0.449. The lowest BCUT2D eigenvalue weighted by atomic mass is 9.94. The van der Waals surface area contributed by atoms with E-state index in [1.54, 1.807) is 0 Å². The molecule has 1 saturated heterocycles. The molecule has 2 aromatic carbocycles. The van der Waals surface area contributed by atoms with Crippen molar-refractivity contribution >= 4 is 34.2 Å². The number of aromatic amines is 1. The molecule has 1 aliphatic heterocycles. The quantitative estimate of drug-likeness (QED) is 0.613. The van der Waals surface area contributed by atoms with Crippen molar-refractivity contribution in [1.29, 1.82) is 0 Å². The fourth-order valence-corrected chi connectivity index (χ4v) is 3.76. The maximum Gasteiger partial charge on any atom is 0.321 e. The minimum Gasteiger partial charge on any atom is -0.358 e. The maximum absolute atomic E-state index is 12.5. The first-order valence-corrected chi connectivity index (χ1v) is 9.37. The maximum atomic E-state index is 12.5. The molecule has 0 bridgehead atoms. The SMILES string of the molecule is Cc1ccc(NC(=O)N2CCC(c3cc4cc(Cl)ccc4[nH]3)CC2)cc1. The number of hydrogen-bond donors (Lipinski definition) is 2. The van der Waals surface area contributed by atoms with Crippen LogP contribution >= 0.6 is 11.6 Å². The molecule has 0 atom stereocenters. The fourth-order valence-electron chi connectivity index (χ4n) is 3.58. The smallest absolute Gasteiger partial charge is 0.321 e. The first-order valence-electron chi connectivity index (χ1n) is 8.99. The predicted octanol–water partition coefficient (Wildman–Crippen LogP) is 5.54. The summed E-state index contributed by atoms with van der Waals surface area (Å²) in [6, 6.07) is 16.0. The molecule has 3 aromatic rings. The van der Waals surface area contributed by atoms with Gasteiger partial charge in [-0.3, -0.25) is 0 Å². The highest BCUT2D eigenvalue weighted by atomic mass is 35.5. The zero-order chi connectivity index (χ0) is 18.1. The Hall–Kier alpha value is -2.46. The molecule has 0 saturated carbocycles. The number of H-pyrrole nitrogens is 1. The zero-order valence-electron chi connectivity index (χ0n) is 14.8. The number of aryl methyl sites for hydroxylation is 1. The molecule has 2 heterocycles. The number of carbonyl (C=O) groups is 1. The summed E-state index contributed by atoms with van der Waals surface area (Å²) in [7, 11) is 0. The third-order valence-corrected chi connectivity index (χ3v) is 5.36. The second-order valence-corrected chi connectivity index (χ2v) is 7.45. The van der Waals surface area contributed by atoms with Gasteiger partial charge in [-0.2, -0.15) is 0 Å². The lowest BCUT2D eigenvalue weighted by Crippen LogP contribution is -2.40. The Labute approximate surface area is 158 Å². The Morgan fingerprint density at radius 1 is 1.12 bits per heavy atom. The molecule has 0 aliphatic carbocycles. The molecule has 0 unspecified atom stereocenters. The van der Waals surface area contributed by atoms with Gasteiger partial charge in [0.15, 0.2) is 0 Å². The van der Waals surface area contributed by atoms with E-state index >= 15 is 0 Å². The first-order chi connectivity index (χ1) is 12.6. The summed E-state index contributed by atoms with van der Waals surface area (Å²) >= 11 is 6.08. The second kappa shape index (κ2) is 7.04. The van der Waals surface area contributed by atoms with Crippen molar-refractivity contribution in [2.24, 2.45) is 0 Å². The molecule has 1 aliphatic rings. The van der Waals surface area contributed by atoms with Crippen LogP contribution < -0.4 is 5.32 Å². The third kappa shape index (κ3) is 3.56. The molecule has 1 aromatic heterocycles. The Morgan fingerprint density at radius 3 is 2.58 bits per heavy atom. The molecule has 4 nitrogen and oxygen atoms in total. The van der Waals surface area contributed by atoms with E-state index in [9.17, 15) is 4.79 Å². The summed E-state index contributed by atoms with van der Waals surface area (Å²) in [6.45, 7) is 3.56. The highest BCUT2D eigenvalue weighted by Crippen LogP contribution is 2.31. The summed E-state index contributed by atoms with van der Waals surface area (Å²) in [4.78, 5) is 17.9. The molecular weight excluding hydrogens is 346 g/mol. The van der Waals surface area contributed by atoms with Crippen LogP contribution in [0.3, 0.4) is 0 Å². The average Bonchev–Trinajstić information content (AvgIpc) is 3.07. The van der Waals surface area contributed by atoms with E-state index in [1.165, 1.54) is 11.3 Å². The topological polar surface area (TPSA) is 48.1 Å². The van der Waals surface area contributed by atoms with Crippen LogP contribution in [0.4, 0.5) is 10.5 Å². The van der Waals surface area contributed by atoms with Crippen LogP contribution in [0.2, 0.25) is 5.02 Å². The summed E-state index contributed by atoms with van der Waals surface area (Å²) in [5, 5.41) is 4.89. The number of anilines is 1. The number of nitrogens with one attached hydrogen (secondary N) is 2. The largest absolute Gasteiger partial charge is 0.358 e. The lowest BCUT2D eigenvalue weighted by Gasteiger charge is -2.31. The van der Waals surface area contributed by atoms with Crippen molar-refractivity contribution in [2.75, 3.05) is 18.4 Å². The van der Waals surface area contributed by atoms with Crippen molar-refractivity contribution in [1.82, 2.24) is 9.88 Å². The van der Waals surface area contributed by atoms with E-state index in [4.69, 9.17) is 11.6 Å². The van der Waals surface area contributed by atoms with Crippen molar-refractivity contribution in [3.8, 4) is 0 Å². The number of nitrogens with zero attached hydrogens (tertiary/aromatic N) is 1. The standard InChI is InChI=1S/C21H22ClN3O/c1-14-2-5-18(6-3-14)23-21(26)25-10-8-15(9-11-25)20-13-16-12-17(22)4-7-19(16)24-20/h2-7,12-13,15,24H,8-11H2,1H3,(H,23,26). The molecule has 26 heavy (non-hydrogen) atoms. The number of piperidine rings is 1. The third-order valence-electron chi connectivity index (χ3n) is 5.13. The van der Waals surface area contributed by atoms with Crippen molar-refractivity contribution in [3.63, 3.8) is 0 Å². The minimum atomic E-state index is -0.0178. The van der Waals surface area contributed by atoms with Crippen molar-refractivity contribution in [3.05, 3.63) is 64.8 Å². The molecule has 4 rings (SSSR count). The number of likely N-dealkylation sites (tertiary alicyclic amines) is 1. The van der Waals surface area contributed by atoms with E-state index in [-0.39, 0.29) is 6.03 Å². The van der Waals surface area contributed by atoms with E-state index < -0.39 is 0 Å². The van der Waals surface area contributed by atoms with E-state index in [0.717, 1.165) is 47.5 Å². The van der Waals surface area contributed by atoms with E-state index in [1.807, 2.05) is 54.3 Å². The normalized spacial score (nSPS) is 15.4. The van der Waals surface area contributed by atoms with Crippen LogP contribution in [0.25, 0.3) is 10.9 Å².